The van der Waals surface area contributed by atoms with E-state index < -0.39 is 5.82 Å². The Bertz CT molecular complexity index is 1700. The summed E-state index contributed by atoms with van der Waals surface area (Å²) in [5, 5.41) is 4.56. The third-order valence-corrected chi connectivity index (χ3v) is 8.43. The number of nitrogens with one attached hydrogen (secondary N) is 1. The van der Waals surface area contributed by atoms with Crippen molar-refractivity contribution in [2.75, 3.05) is 58.4 Å². The van der Waals surface area contributed by atoms with E-state index in [0.717, 1.165) is 53.8 Å². The number of para-hydroxylation sites is 1. The second-order valence-electron chi connectivity index (χ2n) is 11.8. The van der Waals surface area contributed by atoms with Gasteiger partial charge in [0, 0.05) is 73.1 Å². The van der Waals surface area contributed by atoms with Crippen molar-refractivity contribution in [2.24, 2.45) is 5.92 Å². The lowest BCUT2D eigenvalue weighted by Gasteiger charge is -2.36. The number of benzene rings is 2. The number of anilines is 1. The zero-order chi connectivity index (χ0) is 30.8. The second-order valence-corrected chi connectivity index (χ2v) is 11.8. The van der Waals surface area contributed by atoms with Crippen molar-refractivity contribution in [3.8, 4) is 22.6 Å². The van der Waals surface area contributed by atoms with Crippen LogP contribution in [0.5, 0.6) is 11.5 Å². The average molecular weight is 598 g/mol. The molecule has 0 unspecified atom stereocenters. The normalized spacial score (nSPS) is 15.5. The van der Waals surface area contributed by atoms with Gasteiger partial charge in [-0.1, -0.05) is 38.1 Å². The highest BCUT2D eigenvalue weighted by Gasteiger charge is 2.27. The van der Waals surface area contributed by atoms with Gasteiger partial charge in [0.1, 0.15) is 11.6 Å². The molecule has 9 heteroatoms. The predicted octanol–water partition coefficient (Wildman–Crippen LogP) is 5.85. The summed E-state index contributed by atoms with van der Waals surface area (Å²) in [4.78, 5) is 22.3. The first kappa shape index (κ1) is 29.7. The minimum absolute atomic E-state index is 0.0153. The first-order valence-corrected chi connectivity index (χ1v) is 15.3. The predicted molar refractivity (Wildman–Crippen MR) is 173 cm³/mol. The Morgan fingerprint density at radius 1 is 1.00 bits per heavy atom. The van der Waals surface area contributed by atoms with Gasteiger partial charge in [0.05, 0.1) is 25.9 Å². The number of rotatable bonds is 8. The summed E-state index contributed by atoms with van der Waals surface area (Å²) in [5.74, 6) is 1.72. The van der Waals surface area contributed by atoms with Gasteiger partial charge in [-0.15, -0.1) is 0 Å². The van der Waals surface area contributed by atoms with Crippen LogP contribution in [0.3, 0.4) is 0 Å². The molecular weight excluding hydrogens is 557 g/mol. The molecule has 1 fully saturated rings. The van der Waals surface area contributed by atoms with Crippen molar-refractivity contribution in [3.05, 3.63) is 77.9 Å². The number of piperazine rings is 1. The van der Waals surface area contributed by atoms with Gasteiger partial charge in [-0.3, -0.25) is 4.79 Å². The van der Waals surface area contributed by atoms with E-state index in [2.05, 4.69) is 46.9 Å². The van der Waals surface area contributed by atoms with E-state index in [9.17, 15) is 9.18 Å². The number of ether oxygens (including phenoxy) is 2. The molecule has 2 aromatic heterocycles. The maximum Gasteiger partial charge on any atom is 0.254 e. The molecule has 2 aliphatic rings. The molecule has 0 aliphatic carbocycles. The van der Waals surface area contributed by atoms with E-state index in [1.54, 1.807) is 7.11 Å². The Hall–Kier alpha value is -4.37. The average Bonchev–Trinajstić information content (AvgIpc) is 3.41. The highest BCUT2D eigenvalue weighted by Crippen LogP contribution is 2.39. The lowest BCUT2D eigenvalue weighted by Crippen LogP contribution is -2.49. The first-order valence-electron chi connectivity index (χ1n) is 15.3. The highest BCUT2D eigenvalue weighted by atomic mass is 19.1. The molecule has 44 heavy (non-hydrogen) atoms. The minimum atomic E-state index is -0.443. The summed E-state index contributed by atoms with van der Waals surface area (Å²) in [6.45, 7) is 9.30. The number of amides is 1. The third kappa shape index (κ3) is 5.76. The summed E-state index contributed by atoms with van der Waals surface area (Å²) >= 11 is 0. The van der Waals surface area contributed by atoms with E-state index >= 15 is 0 Å². The smallest absolute Gasteiger partial charge is 0.254 e. The first-order chi connectivity index (χ1) is 21.4. The fourth-order valence-electron chi connectivity index (χ4n) is 6.37. The van der Waals surface area contributed by atoms with Gasteiger partial charge >= 0.3 is 0 Å². The van der Waals surface area contributed by atoms with Gasteiger partial charge in [-0.2, -0.15) is 0 Å². The van der Waals surface area contributed by atoms with E-state index in [-0.39, 0.29) is 5.91 Å². The van der Waals surface area contributed by atoms with Crippen molar-refractivity contribution in [3.63, 3.8) is 0 Å². The van der Waals surface area contributed by atoms with Crippen LogP contribution in [0.2, 0.25) is 0 Å². The maximum atomic E-state index is 14.1. The Labute approximate surface area is 258 Å². The molecule has 8 nitrogen and oxygen atoms in total. The van der Waals surface area contributed by atoms with Crippen molar-refractivity contribution < 1.29 is 18.7 Å². The molecule has 6 rings (SSSR count). The topological polar surface area (TPSA) is 71.9 Å². The number of hydrogen-bond donors (Lipinski definition) is 1. The van der Waals surface area contributed by atoms with Gasteiger partial charge in [-0.05, 0) is 48.7 Å². The highest BCUT2D eigenvalue weighted by molar-refractivity contribution is 6.05. The number of nitrogens with zero attached hydrogens (tertiary/aromatic N) is 4. The summed E-state index contributed by atoms with van der Waals surface area (Å²) < 4.78 is 27.4. The Morgan fingerprint density at radius 3 is 2.48 bits per heavy atom. The molecule has 230 valence electrons. The molecule has 1 amide bonds. The molecule has 0 radical (unpaired) electrons. The number of carbonyl (C=O) groups is 1. The summed E-state index contributed by atoms with van der Waals surface area (Å²) in [6.07, 6.45) is 4.52. The standard InChI is InChI=1S/C35H40FN5O3/c1-23(2)22-41-30(24-8-7-11-37-20-24)18-25-16-26(17-29(33(25)41)28-9-5-6-10-31(28)43-3)35(42)40-14-12-39(13-15-40)34-32(44-4)19-27(36)21-38-34/h5-6,8-10,16-19,21,23,37H,7,11-15,20,22H2,1-4H3. The van der Waals surface area contributed by atoms with Crippen LogP contribution in [0, 0.1) is 11.7 Å². The molecule has 1 N–H and O–H groups in total. The number of fused-ring (bicyclic) bond motifs is 1. The Balaban J connectivity index is 1.40. The van der Waals surface area contributed by atoms with Crippen molar-refractivity contribution in [1.82, 2.24) is 19.8 Å². The van der Waals surface area contributed by atoms with Gasteiger partial charge in [0.15, 0.2) is 11.6 Å². The fraction of sp³-hybridized carbons (Fsp3) is 0.371. The van der Waals surface area contributed by atoms with Crippen molar-refractivity contribution >= 4 is 28.2 Å². The number of aromatic nitrogens is 2. The van der Waals surface area contributed by atoms with Gasteiger partial charge in [0.25, 0.3) is 5.91 Å². The molecule has 0 atom stereocenters. The monoisotopic (exact) mass is 597 g/mol. The van der Waals surface area contributed by atoms with Crippen LogP contribution in [0.25, 0.3) is 27.6 Å². The maximum absolute atomic E-state index is 14.1. The van der Waals surface area contributed by atoms with E-state index in [1.807, 2.05) is 40.1 Å². The van der Waals surface area contributed by atoms with Gasteiger partial charge in [-0.25, -0.2) is 9.37 Å². The minimum Gasteiger partial charge on any atom is -0.496 e. The fourth-order valence-corrected chi connectivity index (χ4v) is 6.37. The van der Waals surface area contributed by atoms with E-state index in [1.165, 1.54) is 30.6 Å². The van der Waals surface area contributed by atoms with Crippen LogP contribution in [0.15, 0.2) is 60.8 Å². The summed E-state index contributed by atoms with van der Waals surface area (Å²) in [7, 11) is 3.20. The van der Waals surface area contributed by atoms with Crippen LogP contribution in [-0.4, -0.2) is 73.8 Å². The number of halogens is 1. The second kappa shape index (κ2) is 12.7. The quantitative estimate of drug-likeness (QED) is 0.275. The molecule has 0 bridgehead atoms. The van der Waals surface area contributed by atoms with Crippen LogP contribution in [0.1, 0.15) is 36.3 Å². The Morgan fingerprint density at radius 2 is 1.77 bits per heavy atom. The molecule has 4 aromatic rings. The van der Waals surface area contributed by atoms with Crippen LogP contribution < -0.4 is 19.7 Å². The molecule has 1 saturated heterocycles. The summed E-state index contributed by atoms with van der Waals surface area (Å²) in [5.41, 5.74) is 6.18. The summed E-state index contributed by atoms with van der Waals surface area (Å²) in [6, 6.07) is 15.7. The third-order valence-electron chi connectivity index (χ3n) is 8.43. The van der Waals surface area contributed by atoms with Crippen molar-refractivity contribution in [1.29, 1.82) is 0 Å². The van der Waals surface area contributed by atoms with Crippen molar-refractivity contribution in [2.45, 2.75) is 26.8 Å². The van der Waals surface area contributed by atoms with Crippen LogP contribution >= 0.6 is 0 Å². The number of hydrogen-bond acceptors (Lipinski definition) is 6. The molecule has 4 heterocycles. The lowest BCUT2D eigenvalue weighted by atomic mass is 9.98. The van der Waals surface area contributed by atoms with Gasteiger partial charge in [0.2, 0.25) is 0 Å². The van der Waals surface area contributed by atoms with Crippen LogP contribution in [0.4, 0.5) is 10.2 Å². The van der Waals surface area contributed by atoms with E-state index in [0.29, 0.717) is 49.2 Å². The zero-order valence-electron chi connectivity index (χ0n) is 25.9. The molecule has 2 aliphatic heterocycles. The lowest BCUT2D eigenvalue weighted by molar-refractivity contribution is 0.0746. The van der Waals surface area contributed by atoms with E-state index in [4.69, 9.17) is 9.47 Å². The molecule has 2 aromatic carbocycles. The molecule has 0 spiro atoms. The number of methoxy groups -OCH3 is 2. The molecule has 0 saturated carbocycles. The SMILES string of the molecule is COc1ccccc1-c1cc(C(=O)N2CCN(c3ncc(F)cc3OC)CC2)cc2cc(C3=CCCNC3)n(CC(C)C)c12. The zero-order valence-corrected chi connectivity index (χ0v) is 25.9. The molecular formula is C35H40FN5O3. The number of carbonyl (C=O) groups excluding carboxylic acids is 1. The van der Waals surface area contributed by atoms with Gasteiger partial charge < -0.3 is 29.2 Å². The largest absolute Gasteiger partial charge is 0.496 e. The Kier molecular flexibility index (Phi) is 8.57. The number of pyridine rings is 1. The van der Waals surface area contributed by atoms with Crippen LogP contribution in [-0.2, 0) is 6.54 Å².